The van der Waals surface area contributed by atoms with E-state index in [1.165, 1.54) is 19.3 Å². The van der Waals surface area contributed by atoms with E-state index in [1.54, 1.807) is 0 Å². The molecule has 0 bridgehead atoms. The first-order valence-corrected chi connectivity index (χ1v) is 8.91. The molecular weight excluding hydrogens is 292 g/mol. The van der Waals surface area contributed by atoms with Gasteiger partial charge in [-0.05, 0) is 38.0 Å². The molecule has 0 aromatic carbocycles. The van der Waals surface area contributed by atoms with Crippen LogP contribution in [0.1, 0.15) is 62.7 Å². The van der Waals surface area contributed by atoms with Crippen LogP contribution in [0.25, 0.3) is 0 Å². The van der Waals surface area contributed by atoms with Crippen LogP contribution in [0, 0.1) is 5.92 Å². The van der Waals surface area contributed by atoms with E-state index in [2.05, 4.69) is 22.7 Å². The molecule has 1 fully saturated rings. The molecule has 0 saturated heterocycles. The molecule has 3 rings (SSSR count). The fourth-order valence-corrected chi connectivity index (χ4v) is 3.96. The average molecular weight is 320 g/mol. The number of urea groups is 1. The van der Waals surface area contributed by atoms with Gasteiger partial charge in [0.15, 0.2) is 0 Å². The molecule has 3 atom stereocenters. The maximum atomic E-state index is 12.4. The number of aliphatic hydroxyl groups is 1. The lowest BCUT2D eigenvalue weighted by Crippen LogP contribution is -2.47. The van der Waals surface area contributed by atoms with Crippen LogP contribution >= 0.6 is 0 Å². The van der Waals surface area contributed by atoms with Crippen molar-refractivity contribution in [2.45, 2.75) is 70.5 Å². The summed E-state index contributed by atoms with van der Waals surface area (Å²) in [5.74, 6) is 0.559. The molecule has 1 aromatic rings. The van der Waals surface area contributed by atoms with Crippen molar-refractivity contribution in [2.24, 2.45) is 5.92 Å². The zero-order valence-corrected chi connectivity index (χ0v) is 13.9. The van der Waals surface area contributed by atoms with E-state index in [-0.39, 0.29) is 18.7 Å². The van der Waals surface area contributed by atoms with Crippen LogP contribution in [-0.2, 0) is 13.0 Å². The van der Waals surface area contributed by atoms with Gasteiger partial charge in [-0.15, -0.1) is 0 Å². The lowest BCUT2D eigenvalue weighted by molar-refractivity contribution is 0.217. The quantitative estimate of drug-likeness (QED) is 0.795. The Bertz CT molecular complexity index is 543. The molecule has 0 radical (unpaired) electrons. The van der Waals surface area contributed by atoms with Crippen molar-refractivity contribution >= 4 is 6.03 Å². The van der Waals surface area contributed by atoms with Gasteiger partial charge in [-0.25, -0.2) is 4.79 Å². The zero-order chi connectivity index (χ0) is 16.2. The fourth-order valence-electron chi connectivity index (χ4n) is 3.96. The Morgan fingerprint density at radius 1 is 1.30 bits per heavy atom. The van der Waals surface area contributed by atoms with Gasteiger partial charge >= 0.3 is 6.03 Å². The number of nitrogens with one attached hydrogen (secondary N) is 2. The second-order valence-corrected chi connectivity index (χ2v) is 6.92. The molecule has 2 aliphatic rings. The predicted molar refractivity (Wildman–Crippen MR) is 88.1 cm³/mol. The predicted octanol–water partition coefficient (Wildman–Crippen LogP) is 2.13. The number of carbonyl (C=O) groups is 1. The second-order valence-electron chi connectivity index (χ2n) is 6.92. The summed E-state index contributed by atoms with van der Waals surface area (Å²) in [6.07, 6.45) is 9.56. The highest BCUT2D eigenvalue weighted by atomic mass is 16.3. The summed E-state index contributed by atoms with van der Waals surface area (Å²) in [5, 5.41) is 19.8. The molecule has 6 nitrogen and oxygen atoms in total. The molecule has 0 spiro atoms. The molecule has 1 saturated carbocycles. The number of carbonyl (C=O) groups excluding carboxylic acids is 1. The van der Waals surface area contributed by atoms with Gasteiger partial charge < -0.3 is 15.7 Å². The standard InChI is InChI=1S/C17H28N4O2/c1-12-5-2-3-6-14(12)19-17(23)20-15-7-4-8-16-13(15)11-18-21(16)9-10-22/h11-12,14-15,22H,2-10H2,1H3,(H2,19,20,23)/t12-,14-,15+/m1/s1. The van der Waals surface area contributed by atoms with E-state index in [0.717, 1.165) is 36.9 Å². The summed E-state index contributed by atoms with van der Waals surface area (Å²) < 4.78 is 1.87. The van der Waals surface area contributed by atoms with E-state index >= 15 is 0 Å². The molecule has 1 heterocycles. The Hall–Kier alpha value is -1.56. The second kappa shape index (κ2) is 7.34. The van der Waals surface area contributed by atoms with Gasteiger partial charge in [0, 0.05) is 17.3 Å². The van der Waals surface area contributed by atoms with Crippen LogP contribution in [0.2, 0.25) is 0 Å². The van der Waals surface area contributed by atoms with Gasteiger partial charge in [-0.3, -0.25) is 4.68 Å². The maximum Gasteiger partial charge on any atom is 0.315 e. The molecule has 128 valence electrons. The summed E-state index contributed by atoms with van der Waals surface area (Å²) >= 11 is 0. The molecule has 0 aliphatic heterocycles. The number of amides is 2. The molecule has 23 heavy (non-hydrogen) atoms. The molecule has 3 N–H and O–H groups in total. The van der Waals surface area contributed by atoms with Gasteiger partial charge in [-0.2, -0.15) is 5.10 Å². The third-order valence-corrected chi connectivity index (χ3v) is 5.31. The number of hydrogen-bond donors (Lipinski definition) is 3. The minimum atomic E-state index is -0.0588. The molecular formula is C17H28N4O2. The molecule has 1 aromatic heterocycles. The summed E-state index contributed by atoms with van der Waals surface area (Å²) in [6, 6.07) is 0.269. The Morgan fingerprint density at radius 2 is 2.13 bits per heavy atom. The topological polar surface area (TPSA) is 79.2 Å². The first-order valence-electron chi connectivity index (χ1n) is 8.91. The van der Waals surface area contributed by atoms with Crippen molar-refractivity contribution < 1.29 is 9.90 Å². The number of rotatable bonds is 4. The highest BCUT2D eigenvalue weighted by molar-refractivity contribution is 5.75. The Morgan fingerprint density at radius 3 is 2.91 bits per heavy atom. The SMILES string of the molecule is C[C@@H]1CCCC[C@H]1NC(=O)N[C@H]1CCCc2c1cnn2CCO. The van der Waals surface area contributed by atoms with Gasteiger partial charge in [0.05, 0.1) is 25.4 Å². The van der Waals surface area contributed by atoms with Crippen molar-refractivity contribution in [3.8, 4) is 0 Å². The monoisotopic (exact) mass is 320 g/mol. The first kappa shape index (κ1) is 16.3. The minimum absolute atomic E-state index is 0.0325. The smallest absolute Gasteiger partial charge is 0.315 e. The van der Waals surface area contributed by atoms with Crippen LogP contribution in [0.3, 0.4) is 0 Å². The molecule has 0 unspecified atom stereocenters. The third kappa shape index (κ3) is 3.68. The van der Waals surface area contributed by atoms with Gasteiger partial charge in [0.2, 0.25) is 0 Å². The number of aliphatic hydroxyl groups excluding tert-OH is 1. The Kier molecular flexibility index (Phi) is 5.20. The Balaban J connectivity index is 1.61. The van der Waals surface area contributed by atoms with Crippen LogP contribution in [0.15, 0.2) is 6.20 Å². The molecule has 2 amide bonds. The van der Waals surface area contributed by atoms with Gasteiger partial charge in [-0.1, -0.05) is 19.8 Å². The fraction of sp³-hybridized carbons (Fsp3) is 0.765. The van der Waals surface area contributed by atoms with E-state index in [9.17, 15) is 4.79 Å². The van der Waals surface area contributed by atoms with E-state index in [4.69, 9.17) is 5.11 Å². The van der Waals surface area contributed by atoms with Gasteiger partial charge in [0.25, 0.3) is 0 Å². The van der Waals surface area contributed by atoms with Crippen molar-refractivity contribution in [1.29, 1.82) is 0 Å². The van der Waals surface area contributed by atoms with Crippen LogP contribution in [0.5, 0.6) is 0 Å². The molecule has 2 aliphatic carbocycles. The minimum Gasteiger partial charge on any atom is -0.394 e. The van der Waals surface area contributed by atoms with Crippen molar-refractivity contribution in [3.63, 3.8) is 0 Å². The lowest BCUT2D eigenvalue weighted by atomic mass is 9.86. The number of nitrogens with zero attached hydrogens (tertiary/aromatic N) is 2. The first-order chi connectivity index (χ1) is 11.2. The Labute approximate surface area is 137 Å². The summed E-state index contributed by atoms with van der Waals surface area (Å²) in [4.78, 5) is 12.4. The zero-order valence-electron chi connectivity index (χ0n) is 13.9. The number of hydrogen-bond acceptors (Lipinski definition) is 3. The highest BCUT2D eigenvalue weighted by Gasteiger charge is 2.27. The third-order valence-electron chi connectivity index (χ3n) is 5.31. The summed E-state index contributed by atoms with van der Waals surface area (Å²) in [5.41, 5.74) is 2.26. The van der Waals surface area contributed by atoms with Crippen LogP contribution < -0.4 is 10.6 Å². The van der Waals surface area contributed by atoms with Crippen LogP contribution in [0.4, 0.5) is 4.79 Å². The van der Waals surface area contributed by atoms with Crippen LogP contribution in [-0.4, -0.2) is 33.6 Å². The van der Waals surface area contributed by atoms with Gasteiger partial charge in [0.1, 0.15) is 0 Å². The van der Waals surface area contributed by atoms with E-state index in [1.807, 2.05) is 10.9 Å². The average Bonchev–Trinajstić information content (AvgIpc) is 2.94. The van der Waals surface area contributed by atoms with E-state index in [0.29, 0.717) is 18.5 Å². The summed E-state index contributed by atoms with van der Waals surface area (Å²) in [7, 11) is 0. The van der Waals surface area contributed by atoms with Crippen molar-refractivity contribution in [3.05, 3.63) is 17.5 Å². The largest absolute Gasteiger partial charge is 0.394 e. The van der Waals surface area contributed by atoms with E-state index < -0.39 is 0 Å². The lowest BCUT2D eigenvalue weighted by Gasteiger charge is -2.31. The number of fused-ring (bicyclic) bond motifs is 1. The highest BCUT2D eigenvalue weighted by Crippen LogP contribution is 2.30. The summed E-state index contributed by atoms with van der Waals surface area (Å²) in [6.45, 7) is 2.84. The molecule has 6 heteroatoms. The maximum absolute atomic E-state index is 12.4. The normalized spacial score (nSPS) is 27.3. The van der Waals surface area contributed by atoms with Crippen molar-refractivity contribution in [1.82, 2.24) is 20.4 Å². The van der Waals surface area contributed by atoms with Crippen molar-refractivity contribution in [2.75, 3.05) is 6.61 Å². The number of aromatic nitrogens is 2.